The van der Waals surface area contributed by atoms with Gasteiger partial charge in [0, 0.05) is 12.2 Å². The summed E-state index contributed by atoms with van der Waals surface area (Å²) in [6, 6.07) is 7.48. The van der Waals surface area contributed by atoms with Crippen LogP contribution in [-0.2, 0) is 4.74 Å². The van der Waals surface area contributed by atoms with Gasteiger partial charge in [0.1, 0.15) is 5.60 Å². The molecule has 0 radical (unpaired) electrons. The minimum Gasteiger partial charge on any atom is -0.456 e. The molecule has 19 heavy (non-hydrogen) atoms. The van der Waals surface area contributed by atoms with Gasteiger partial charge in [0.05, 0.1) is 5.56 Å². The Morgan fingerprint density at radius 1 is 1.26 bits per heavy atom. The first-order valence-electron chi connectivity index (χ1n) is 6.99. The number of anilines is 1. The highest BCUT2D eigenvalue weighted by Gasteiger charge is 2.17. The molecule has 106 valence electrons. The van der Waals surface area contributed by atoms with Gasteiger partial charge in [0.25, 0.3) is 0 Å². The minimum atomic E-state index is -0.457. The number of carbonyl (C=O) groups is 1. The molecule has 0 fully saturated rings. The van der Waals surface area contributed by atoms with Gasteiger partial charge >= 0.3 is 5.97 Å². The van der Waals surface area contributed by atoms with Gasteiger partial charge in [-0.15, -0.1) is 0 Å². The molecule has 1 N–H and O–H groups in total. The SMILES string of the molecule is CCCCCNc1cccc(C(=O)OC(C)(C)C)c1. The molecule has 0 aliphatic rings. The van der Waals surface area contributed by atoms with E-state index in [4.69, 9.17) is 4.74 Å². The van der Waals surface area contributed by atoms with E-state index in [0.29, 0.717) is 5.56 Å². The Morgan fingerprint density at radius 2 is 2.00 bits per heavy atom. The predicted molar refractivity (Wildman–Crippen MR) is 79.6 cm³/mol. The Labute approximate surface area is 116 Å². The lowest BCUT2D eigenvalue weighted by Gasteiger charge is -2.19. The zero-order chi connectivity index (χ0) is 14.3. The third-order valence-corrected chi connectivity index (χ3v) is 2.61. The maximum absolute atomic E-state index is 11.9. The number of nitrogens with one attached hydrogen (secondary N) is 1. The smallest absolute Gasteiger partial charge is 0.338 e. The summed E-state index contributed by atoms with van der Waals surface area (Å²) in [7, 11) is 0. The highest BCUT2D eigenvalue weighted by Crippen LogP contribution is 2.15. The summed E-state index contributed by atoms with van der Waals surface area (Å²) in [6.07, 6.45) is 3.57. The Bertz CT molecular complexity index is 407. The summed E-state index contributed by atoms with van der Waals surface area (Å²) >= 11 is 0. The molecular formula is C16H25NO2. The molecule has 3 nitrogen and oxygen atoms in total. The van der Waals surface area contributed by atoms with Crippen molar-refractivity contribution in [2.75, 3.05) is 11.9 Å². The van der Waals surface area contributed by atoms with E-state index in [-0.39, 0.29) is 5.97 Å². The molecular weight excluding hydrogens is 238 g/mol. The molecule has 3 heteroatoms. The van der Waals surface area contributed by atoms with Crippen LogP contribution in [0.25, 0.3) is 0 Å². The Morgan fingerprint density at radius 3 is 2.63 bits per heavy atom. The van der Waals surface area contributed by atoms with Crippen molar-refractivity contribution in [3.05, 3.63) is 29.8 Å². The van der Waals surface area contributed by atoms with Gasteiger partial charge in [-0.3, -0.25) is 0 Å². The van der Waals surface area contributed by atoms with Crippen LogP contribution in [0.5, 0.6) is 0 Å². The first-order chi connectivity index (χ1) is 8.92. The monoisotopic (exact) mass is 263 g/mol. The normalized spacial score (nSPS) is 11.2. The second kappa shape index (κ2) is 7.17. The van der Waals surface area contributed by atoms with Crippen LogP contribution in [0.4, 0.5) is 5.69 Å². The van der Waals surface area contributed by atoms with Crippen LogP contribution in [0.15, 0.2) is 24.3 Å². The zero-order valence-electron chi connectivity index (χ0n) is 12.5. The number of ether oxygens (including phenoxy) is 1. The highest BCUT2D eigenvalue weighted by atomic mass is 16.6. The molecule has 0 saturated heterocycles. The predicted octanol–water partition coefficient (Wildman–Crippen LogP) is 4.24. The maximum Gasteiger partial charge on any atom is 0.338 e. The number of hydrogen-bond acceptors (Lipinski definition) is 3. The van der Waals surface area contributed by atoms with E-state index in [2.05, 4.69) is 12.2 Å². The quantitative estimate of drug-likeness (QED) is 0.616. The first kappa shape index (κ1) is 15.5. The average Bonchev–Trinajstić information content (AvgIpc) is 2.33. The van der Waals surface area contributed by atoms with Crippen LogP contribution < -0.4 is 5.32 Å². The van der Waals surface area contributed by atoms with Crippen molar-refractivity contribution in [3.63, 3.8) is 0 Å². The second-order valence-electron chi connectivity index (χ2n) is 5.72. The molecule has 1 rings (SSSR count). The van der Waals surface area contributed by atoms with Crippen molar-refractivity contribution < 1.29 is 9.53 Å². The fourth-order valence-corrected chi connectivity index (χ4v) is 1.70. The topological polar surface area (TPSA) is 38.3 Å². The van der Waals surface area contributed by atoms with Gasteiger partial charge in [-0.2, -0.15) is 0 Å². The molecule has 0 aliphatic carbocycles. The number of benzene rings is 1. The molecule has 1 aromatic carbocycles. The zero-order valence-corrected chi connectivity index (χ0v) is 12.5. The molecule has 0 aliphatic heterocycles. The Balaban J connectivity index is 2.58. The molecule has 0 saturated carbocycles. The van der Waals surface area contributed by atoms with E-state index in [1.165, 1.54) is 12.8 Å². The number of rotatable bonds is 6. The molecule has 0 unspecified atom stereocenters. The second-order valence-corrected chi connectivity index (χ2v) is 5.72. The van der Waals surface area contributed by atoms with E-state index in [1.54, 1.807) is 6.07 Å². The minimum absolute atomic E-state index is 0.273. The number of unbranched alkanes of at least 4 members (excludes halogenated alkanes) is 2. The van der Waals surface area contributed by atoms with Crippen molar-refractivity contribution in [1.29, 1.82) is 0 Å². The van der Waals surface area contributed by atoms with Crippen LogP contribution in [0.1, 0.15) is 57.3 Å². The van der Waals surface area contributed by atoms with E-state index < -0.39 is 5.60 Å². The van der Waals surface area contributed by atoms with Gasteiger partial charge in [-0.05, 0) is 45.4 Å². The Hall–Kier alpha value is -1.51. The third-order valence-electron chi connectivity index (χ3n) is 2.61. The molecule has 1 aromatic rings. The molecule has 0 spiro atoms. The lowest BCUT2D eigenvalue weighted by molar-refractivity contribution is 0.00696. The number of hydrogen-bond donors (Lipinski definition) is 1. The third kappa shape index (κ3) is 6.27. The van der Waals surface area contributed by atoms with Crippen LogP contribution in [0, 0.1) is 0 Å². The van der Waals surface area contributed by atoms with Crippen LogP contribution >= 0.6 is 0 Å². The van der Waals surface area contributed by atoms with Crippen molar-refractivity contribution in [1.82, 2.24) is 0 Å². The fourth-order valence-electron chi connectivity index (χ4n) is 1.70. The van der Waals surface area contributed by atoms with Gasteiger partial charge in [-0.1, -0.05) is 25.8 Å². The van der Waals surface area contributed by atoms with Gasteiger partial charge < -0.3 is 10.1 Å². The number of carbonyl (C=O) groups excluding carboxylic acids is 1. The van der Waals surface area contributed by atoms with Crippen LogP contribution in [0.3, 0.4) is 0 Å². The van der Waals surface area contributed by atoms with Gasteiger partial charge in [0.2, 0.25) is 0 Å². The molecule has 0 aromatic heterocycles. The van der Waals surface area contributed by atoms with E-state index in [9.17, 15) is 4.79 Å². The van der Waals surface area contributed by atoms with Crippen molar-refractivity contribution in [2.24, 2.45) is 0 Å². The van der Waals surface area contributed by atoms with E-state index >= 15 is 0 Å². The highest BCUT2D eigenvalue weighted by molar-refractivity contribution is 5.90. The lowest BCUT2D eigenvalue weighted by atomic mass is 10.1. The first-order valence-corrected chi connectivity index (χ1v) is 6.99. The summed E-state index contributed by atoms with van der Waals surface area (Å²) in [5, 5.41) is 3.33. The lowest BCUT2D eigenvalue weighted by Crippen LogP contribution is -2.23. The summed E-state index contributed by atoms with van der Waals surface area (Å²) in [6.45, 7) is 8.74. The van der Waals surface area contributed by atoms with Crippen molar-refractivity contribution in [3.8, 4) is 0 Å². The van der Waals surface area contributed by atoms with Crippen molar-refractivity contribution in [2.45, 2.75) is 52.6 Å². The fraction of sp³-hybridized carbons (Fsp3) is 0.562. The molecule has 0 atom stereocenters. The number of esters is 1. The summed E-state index contributed by atoms with van der Waals surface area (Å²) in [4.78, 5) is 11.9. The van der Waals surface area contributed by atoms with Crippen LogP contribution in [-0.4, -0.2) is 18.1 Å². The summed E-state index contributed by atoms with van der Waals surface area (Å²) in [5.74, 6) is -0.273. The maximum atomic E-state index is 11.9. The molecule has 0 bridgehead atoms. The largest absolute Gasteiger partial charge is 0.456 e. The van der Waals surface area contributed by atoms with Gasteiger partial charge in [0.15, 0.2) is 0 Å². The van der Waals surface area contributed by atoms with E-state index in [0.717, 1.165) is 18.7 Å². The Kier molecular flexibility index (Phi) is 5.87. The molecule has 0 heterocycles. The average molecular weight is 263 g/mol. The van der Waals surface area contributed by atoms with Crippen molar-refractivity contribution >= 4 is 11.7 Å². The van der Waals surface area contributed by atoms with E-state index in [1.807, 2.05) is 39.0 Å². The standard InChI is InChI=1S/C16H25NO2/c1-5-6-7-11-17-14-10-8-9-13(12-14)15(18)19-16(2,3)4/h8-10,12,17H,5-7,11H2,1-4H3. The summed E-state index contributed by atoms with van der Waals surface area (Å²) < 4.78 is 5.36. The summed E-state index contributed by atoms with van der Waals surface area (Å²) in [5.41, 5.74) is 1.11. The van der Waals surface area contributed by atoms with Gasteiger partial charge in [-0.25, -0.2) is 4.79 Å². The van der Waals surface area contributed by atoms with Crippen LogP contribution in [0.2, 0.25) is 0 Å². The molecule has 0 amide bonds.